The molecule has 0 N–H and O–H groups in total. The highest BCUT2D eigenvalue weighted by Crippen LogP contribution is 2.41. The van der Waals surface area contributed by atoms with Crippen molar-refractivity contribution in [1.29, 1.82) is 0 Å². The van der Waals surface area contributed by atoms with Crippen LogP contribution in [-0.2, 0) is 31.8 Å². The monoisotopic (exact) mass is 746 g/mol. The number of fused-ring (bicyclic) bond motifs is 2. The van der Waals surface area contributed by atoms with Crippen LogP contribution in [0, 0.1) is 5.92 Å². The topological polar surface area (TPSA) is 81.7 Å². The summed E-state index contributed by atoms with van der Waals surface area (Å²) in [4.78, 5) is 11.9. The standard InChI is InChI=1S/C24H28O4.C23H26O4/c1-2-26-24(25)18-8-11-20(12-9-18)27-21-13-15-23-19(16-21)10-14-22(28-23)17-6-4-3-5-7-17;1-2-4-17(5-3-1)21-8-6-18-16-20(7-9-22(18)27-21)26-19-10-12-23(13-11-19)24-14-15-25-23/h3-7,13,15-16,18,20,22H,2,8-12,14H2,1H3;1-5,7,9,16,19,21H,6,8,10-15H2/t18-,20+,22?;. The molecule has 1 saturated heterocycles. The van der Waals surface area contributed by atoms with E-state index in [1.165, 1.54) is 22.3 Å². The lowest BCUT2D eigenvalue weighted by Gasteiger charge is -2.35. The van der Waals surface area contributed by atoms with Gasteiger partial charge < -0.3 is 33.2 Å². The zero-order valence-electron chi connectivity index (χ0n) is 32.0. The summed E-state index contributed by atoms with van der Waals surface area (Å²) in [6.45, 7) is 3.76. The first-order valence-corrected chi connectivity index (χ1v) is 20.5. The van der Waals surface area contributed by atoms with Gasteiger partial charge in [-0.3, -0.25) is 4.79 Å². The molecule has 4 aromatic carbocycles. The average molecular weight is 747 g/mol. The highest BCUT2D eigenvalue weighted by atomic mass is 16.7. The molecule has 5 aliphatic rings. The fraction of sp³-hybridized carbons (Fsp3) is 0.468. The van der Waals surface area contributed by atoms with E-state index in [1.54, 1.807) is 0 Å². The Morgan fingerprint density at radius 1 is 0.618 bits per heavy atom. The number of hydrogen-bond donors (Lipinski definition) is 0. The summed E-state index contributed by atoms with van der Waals surface area (Å²) in [5.41, 5.74) is 4.93. The van der Waals surface area contributed by atoms with Gasteiger partial charge in [0.05, 0.1) is 37.9 Å². The van der Waals surface area contributed by atoms with Gasteiger partial charge in [-0.05, 0) is 130 Å². The van der Waals surface area contributed by atoms with Crippen molar-refractivity contribution in [2.45, 2.75) is 114 Å². The Kier molecular flexibility index (Phi) is 11.9. The van der Waals surface area contributed by atoms with Crippen molar-refractivity contribution in [3.8, 4) is 23.0 Å². The first-order chi connectivity index (χ1) is 27.0. The normalized spacial score (nSPS) is 24.2. The first kappa shape index (κ1) is 37.4. The summed E-state index contributed by atoms with van der Waals surface area (Å²) in [5, 5.41) is 0. The van der Waals surface area contributed by atoms with Gasteiger partial charge in [-0.2, -0.15) is 0 Å². The maximum atomic E-state index is 11.9. The first-order valence-electron chi connectivity index (χ1n) is 20.5. The molecule has 2 atom stereocenters. The van der Waals surface area contributed by atoms with E-state index in [2.05, 4.69) is 66.7 Å². The Morgan fingerprint density at radius 2 is 1.11 bits per heavy atom. The predicted molar refractivity (Wildman–Crippen MR) is 210 cm³/mol. The van der Waals surface area contributed by atoms with E-state index in [1.807, 2.05) is 37.3 Å². The van der Waals surface area contributed by atoms with E-state index >= 15 is 0 Å². The van der Waals surface area contributed by atoms with E-state index in [-0.39, 0.29) is 42.1 Å². The summed E-state index contributed by atoms with van der Waals surface area (Å²) in [6, 6.07) is 33.3. The van der Waals surface area contributed by atoms with Crippen molar-refractivity contribution < 1.29 is 38.0 Å². The van der Waals surface area contributed by atoms with Crippen molar-refractivity contribution in [3.63, 3.8) is 0 Å². The number of carbonyl (C=O) groups excluding carboxylic acids is 1. The van der Waals surface area contributed by atoms with Gasteiger partial charge in [0.15, 0.2) is 5.79 Å². The molecule has 8 nitrogen and oxygen atoms in total. The van der Waals surface area contributed by atoms with Crippen molar-refractivity contribution in [1.82, 2.24) is 0 Å². The van der Waals surface area contributed by atoms with Crippen LogP contribution in [0.25, 0.3) is 0 Å². The number of aryl methyl sites for hydroxylation is 2. The van der Waals surface area contributed by atoms with E-state index in [9.17, 15) is 4.79 Å². The minimum Gasteiger partial charge on any atom is -0.490 e. The minimum atomic E-state index is -0.323. The zero-order valence-corrected chi connectivity index (χ0v) is 32.0. The molecule has 0 bridgehead atoms. The largest absolute Gasteiger partial charge is 0.490 e. The van der Waals surface area contributed by atoms with Crippen molar-refractivity contribution >= 4 is 5.97 Å². The van der Waals surface area contributed by atoms with Crippen molar-refractivity contribution in [2.75, 3.05) is 19.8 Å². The zero-order chi connectivity index (χ0) is 37.5. The Bertz CT molecular complexity index is 1840. The SMILES string of the molecule is CCOC(=O)[C@H]1CC[C@@H](Oc2ccc3c(c2)CCC(c2ccccc2)O3)CC1.c1ccc(C2CCc3cc(OC4CCC5(CC4)OCCO5)ccc3O2)cc1. The number of rotatable bonds is 8. The van der Waals surface area contributed by atoms with Gasteiger partial charge in [0, 0.05) is 12.8 Å². The molecule has 0 aromatic heterocycles. The van der Waals surface area contributed by atoms with Crippen LogP contribution in [0.5, 0.6) is 23.0 Å². The van der Waals surface area contributed by atoms with Crippen LogP contribution in [-0.4, -0.2) is 43.8 Å². The second-order valence-electron chi connectivity index (χ2n) is 15.4. The van der Waals surface area contributed by atoms with Crippen LogP contribution < -0.4 is 18.9 Å². The molecule has 0 radical (unpaired) electrons. The molecule has 2 saturated carbocycles. The van der Waals surface area contributed by atoms with Gasteiger partial charge in [0.1, 0.15) is 35.2 Å². The maximum absolute atomic E-state index is 11.9. The molecule has 3 aliphatic heterocycles. The van der Waals surface area contributed by atoms with Gasteiger partial charge in [-0.15, -0.1) is 0 Å². The molecule has 290 valence electrons. The molecule has 1 spiro atoms. The smallest absolute Gasteiger partial charge is 0.308 e. The summed E-state index contributed by atoms with van der Waals surface area (Å²) in [5.74, 6) is 3.45. The number of hydrogen-bond acceptors (Lipinski definition) is 8. The molecule has 3 fully saturated rings. The van der Waals surface area contributed by atoms with Crippen LogP contribution in [0.1, 0.15) is 106 Å². The lowest BCUT2D eigenvalue weighted by Crippen LogP contribution is -2.38. The van der Waals surface area contributed by atoms with Crippen LogP contribution in [0.3, 0.4) is 0 Å². The van der Waals surface area contributed by atoms with Crippen LogP contribution in [0.2, 0.25) is 0 Å². The third-order valence-corrected chi connectivity index (χ3v) is 11.7. The summed E-state index contributed by atoms with van der Waals surface area (Å²) >= 11 is 0. The molecule has 0 amide bonds. The highest BCUT2D eigenvalue weighted by molar-refractivity contribution is 5.72. The molecule has 8 heteroatoms. The van der Waals surface area contributed by atoms with Gasteiger partial charge in [0.2, 0.25) is 0 Å². The average Bonchev–Trinajstić information content (AvgIpc) is 3.70. The third-order valence-electron chi connectivity index (χ3n) is 11.7. The summed E-state index contributed by atoms with van der Waals surface area (Å²) < 4.78 is 41.7. The minimum absolute atomic E-state index is 0.0339. The molecule has 4 aromatic rings. The van der Waals surface area contributed by atoms with Crippen LogP contribution in [0.4, 0.5) is 0 Å². The number of carbonyl (C=O) groups is 1. The van der Waals surface area contributed by atoms with Gasteiger partial charge in [-0.25, -0.2) is 0 Å². The van der Waals surface area contributed by atoms with Crippen molar-refractivity contribution in [3.05, 3.63) is 119 Å². The lowest BCUT2D eigenvalue weighted by atomic mass is 9.87. The fourth-order valence-electron chi connectivity index (χ4n) is 8.68. The molecule has 55 heavy (non-hydrogen) atoms. The Labute approximate surface area is 325 Å². The molecule has 9 rings (SSSR count). The number of esters is 1. The molecular weight excluding hydrogens is 693 g/mol. The third kappa shape index (κ3) is 9.30. The highest BCUT2D eigenvalue weighted by Gasteiger charge is 2.41. The Morgan fingerprint density at radius 3 is 1.60 bits per heavy atom. The van der Waals surface area contributed by atoms with Crippen LogP contribution >= 0.6 is 0 Å². The van der Waals surface area contributed by atoms with Crippen molar-refractivity contribution in [2.24, 2.45) is 5.92 Å². The number of benzene rings is 4. The second kappa shape index (κ2) is 17.5. The maximum Gasteiger partial charge on any atom is 0.308 e. The van der Waals surface area contributed by atoms with Gasteiger partial charge in [0.25, 0.3) is 0 Å². The van der Waals surface area contributed by atoms with Gasteiger partial charge in [-0.1, -0.05) is 60.7 Å². The molecule has 2 unspecified atom stereocenters. The predicted octanol–water partition coefficient (Wildman–Crippen LogP) is 10.1. The lowest BCUT2D eigenvalue weighted by molar-refractivity contribution is -0.186. The Balaban J connectivity index is 0.000000155. The molecule has 3 heterocycles. The van der Waals surface area contributed by atoms with E-state index in [0.717, 1.165) is 113 Å². The summed E-state index contributed by atoms with van der Waals surface area (Å²) in [7, 11) is 0. The Hall–Kier alpha value is -4.53. The quantitative estimate of drug-likeness (QED) is 0.165. The summed E-state index contributed by atoms with van der Waals surface area (Å²) in [6.07, 6.45) is 11.9. The second-order valence-corrected chi connectivity index (χ2v) is 15.4. The number of ether oxygens (including phenoxy) is 7. The fourth-order valence-corrected chi connectivity index (χ4v) is 8.68. The van der Waals surface area contributed by atoms with Gasteiger partial charge >= 0.3 is 5.97 Å². The van der Waals surface area contributed by atoms with E-state index < -0.39 is 0 Å². The van der Waals surface area contributed by atoms with E-state index in [0.29, 0.717) is 6.61 Å². The van der Waals surface area contributed by atoms with E-state index in [4.69, 9.17) is 33.2 Å². The molecular formula is C47H54O8. The molecule has 2 aliphatic carbocycles. The van der Waals surface area contributed by atoms with Crippen LogP contribution in [0.15, 0.2) is 97.1 Å².